The molecule has 1 aromatic carbocycles. The van der Waals surface area contributed by atoms with E-state index in [1.807, 2.05) is 23.1 Å². The molecule has 3 aliphatic heterocycles. The van der Waals surface area contributed by atoms with Crippen molar-refractivity contribution in [2.75, 3.05) is 13.2 Å². The van der Waals surface area contributed by atoms with E-state index in [-0.39, 0.29) is 23.9 Å². The Morgan fingerprint density at radius 3 is 2.60 bits per heavy atom. The van der Waals surface area contributed by atoms with Crippen LogP contribution in [-0.4, -0.2) is 59.1 Å². The smallest absolute Gasteiger partial charge is 0.241 e. The normalized spacial score (nSPS) is 35.7. The van der Waals surface area contributed by atoms with Crippen LogP contribution in [0, 0.1) is 23.2 Å². The molecule has 6 heteroatoms. The topological polar surface area (TPSA) is 82.6 Å². The highest BCUT2D eigenvalue weighted by atomic mass is 16.5. The number of fused-ring (bicyclic) bond motifs is 3. The van der Waals surface area contributed by atoms with E-state index in [0.29, 0.717) is 24.6 Å². The molecule has 1 aliphatic carbocycles. The number of benzene rings is 1. The van der Waals surface area contributed by atoms with Crippen LogP contribution < -0.4 is 5.73 Å². The molecule has 6 atom stereocenters. The molecule has 0 radical (unpaired) electrons. The van der Waals surface area contributed by atoms with Crippen LogP contribution in [0.15, 0.2) is 30.3 Å². The molecule has 0 aromatic heterocycles. The third-order valence-electron chi connectivity index (χ3n) is 7.83. The number of nitriles is 1. The van der Waals surface area contributed by atoms with E-state index in [1.165, 1.54) is 18.4 Å². The van der Waals surface area contributed by atoms with E-state index in [9.17, 15) is 10.1 Å². The molecular formula is C24H32N4O2. The standard InChI is InChI=1S/C24H32N4O2/c25-14-21-10-17-13-22(17)28(21)24(29)23(26)18-11-19-6-7-20(12-18)27(19)8-9-30-15-16-4-2-1-3-5-16/h1-5,17-23H,6-13,15,26H2. The number of rotatable bonds is 7. The molecule has 160 valence electrons. The van der Waals surface area contributed by atoms with Gasteiger partial charge in [0.15, 0.2) is 0 Å². The first-order valence-corrected chi connectivity index (χ1v) is 11.5. The van der Waals surface area contributed by atoms with Gasteiger partial charge >= 0.3 is 0 Å². The Morgan fingerprint density at radius 2 is 1.90 bits per heavy atom. The number of piperidine rings is 2. The molecule has 4 aliphatic rings. The summed E-state index contributed by atoms with van der Waals surface area (Å²) in [6.07, 6.45) is 6.25. The molecule has 2 bridgehead atoms. The largest absolute Gasteiger partial charge is 0.375 e. The van der Waals surface area contributed by atoms with Gasteiger partial charge in [-0.3, -0.25) is 9.69 Å². The maximum atomic E-state index is 13.1. The van der Waals surface area contributed by atoms with Crippen molar-refractivity contribution in [3.8, 4) is 6.07 Å². The second-order valence-corrected chi connectivity index (χ2v) is 9.61. The van der Waals surface area contributed by atoms with Gasteiger partial charge in [0.2, 0.25) is 5.91 Å². The lowest BCUT2D eigenvalue weighted by Gasteiger charge is -2.41. The van der Waals surface area contributed by atoms with Gasteiger partial charge in [0, 0.05) is 24.7 Å². The van der Waals surface area contributed by atoms with Crippen LogP contribution in [0.2, 0.25) is 0 Å². The SMILES string of the molecule is N#CC1CC2CC2N1C(=O)C(N)C1CC2CCC(C1)N2CCOCc1ccccc1. The average molecular weight is 409 g/mol. The van der Waals surface area contributed by atoms with Gasteiger partial charge in [0.05, 0.1) is 25.3 Å². The molecule has 5 rings (SSSR count). The third-order valence-corrected chi connectivity index (χ3v) is 7.83. The Balaban J connectivity index is 1.13. The Hall–Kier alpha value is -1.94. The highest BCUT2D eigenvalue weighted by Crippen LogP contribution is 2.48. The third kappa shape index (κ3) is 3.75. The molecular weight excluding hydrogens is 376 g/mol. The van der Waals surface area contributed by atoms with Crippen LogP contribution in [-0.2, 0) is 16.1 Å². The van der Waals surface area contributed by atoms with Gasteiger partial charge in [-0.2, -0.15) is 5.26 Å². The molecule has 30 heavy (non-hydrogen) atoms. The van der Waals surface area contributed by atoms with Gasteiger partial charge < -0.3 is 15.4 Å². The highest BCUT2D eigenvalue weighted by Gasteiger charge is 2.55. The fourth-order valence-electron chi connectivity index (χ4n) is 6.17. The molecule has 3 heterocycles. The quantitative estimate of drug-likeness (QED) is 0.700. The van der Waals surface area contributed by atoms with Gasteiger partial charge in [-0.15, -0.1) is 0 Å². The first-order valence-electron chi connectivity index (χ1n) is 11.5. The van der Waals surface area contributed by atoms with E-state index in [1.54, 1.807) is 0 Å². The fraction of sp³-hybridized carbons (Fsp3) is 0.667. The van der Waals surface area contributed by atoms with Crippen LogP contribution in [0.5, 0.6) is 0 Å². The molecule has 6 unspecified atom stereocenters. The van der Waals surface area contributed by atoms with Gasteiger partial charge in [-0.1, -0.05) is 30.3 Å². The lowest BCUT2D eigenvalue weighted by molar-refractivity contribution is -0.135. The highest BCUT2D eigenvalue weighted by molar-refractivity contribution is 5.84. The van der Waals surface area contributed by atoms with Gasteiger partial charge in [0.25, 0.3) is 0 Å². The summed E-state index contributed by atoms with van der Waals surface area (Å²) >= 11 is 0. The van der Waals surface area contributed by atoms with E-state index in [0.717, 1.165) is 38.8 Å². The number of nitrogens with zero attached hydrogens (tertiary/aromatic N) is 3. The van der Waals surface area contributed by atoms with E-state index in [4.69, 9.17) is 10.5 Å². The number of carbonyl (C=O) groups excluding carboxylic acids is 1. The van der Waals surface area contributed by atoms with Gasteiger partial charge in [0.1, 0.15) is 6.04 Å². The Morgan fingerprint density at radius 1 is 1.17 bits per heavy atom. The molecule has 4 fully saturated rings. The number of carbonyl (C=O) groups is 1. The summed E-state index contributed by atoms with van der Waals surface area (Å²) in [5, 5.41) is 9.42. The lowest BCUT2D eigenvalue weighted by atomic mass is 9.84. The van der Waals surface area contributed by atoms with Crippen LogP contribution in [0.25, 0.3) is 0 Å². The maximum Gasteiger partial charge on any atom is 0.241 e. The maximum absolute atomic E-state index is 13.1. The van der Waals surface area contributed by atoms with Crippen LogP contribution in [0.1, 0.15) is 44.1 Å². The van der Waals surface area contributed by atoms with Gasteiger partial charge in [-0.05, 0) is 55.9 Å². The predicted octanol–water partition coefficient (Wildman–Crippen LogP) is 2.29. The number of nitrogens with two attached hydrogens (primary N) is 1. The summed E-state index contributed by atoms with van der Waals surface area (Å²) < 4.78 is 5.91. The Bertz CT molecular complexity index is 795. The number of hydrogen-bond donors (Lipinski definition) is 1. The van der Waals surface area contributed by atoms with Crippen molar-refractivity contribution in [1.82, 2.24) is 9.80 Å². The summed E-state index contributed by atoms with van der Waals surface area (Å²) in [5.41, 5.74) is 7.72. The molecule has 1 aromatic rings. The second kappa shape index (κ2) is 8.30. The van der Waals surface area contributed by atoms with E-state index < -0.39 is 6.04 Å². The second-order valence-electron chi connectivity index (χ2n) is 9.61. The minimum Gasteiger partial charge on any atom is -0.375 e. The average Bonchev–Trinajstić information content (AvgIpc) is 3.38. The molecule has 3 saturated heterocycles. The van der Waals surface area contributed by atoms with Crippen molar-refractivity contribution in [1.29, 1.82) is 5.26 Å². The monoisotopic (exact) mass is 408 g/mol. The van der Waals surface area contributed by atoms with Crippen molar-refractivity contribution < 1.29 is 9.53 Å². The van der Waals surface area contributed by atoms with Crippen molar-refractivity contribution in [2.45, 2.75) is 75.3 Å². The minimum absolute atomic E-state index is 0.0237. The summed E-state index contributed by atoms with van der Waals surface area (Å²) in [7, 11) is 0. The Labute approximate surface area is 179 Å². The Kier molecular flexibility index (Phi) is 5.53. The number of ether oxygens (including phenoxy) is 1. The van der Waals surface area contributed by atoms with E-state index in [2.05, 4.69) is 23.1 Å². The summed E-state index contributed by atoms with van der Waals surface area (Å²) in [6, 6.07) is 13.2. The van der Waals surface area contributed by atoms with E-state index >= 15 is 0 Å². The minimum atomic E-state index is -0.459. The van der Waals surface area contributed by atoms with Crippen molar-refractivity contribution in [3.63, 3.8) is 0 Å². The van der Waals surface area contributed by atoms with Crippen LogP contribution in [0.4, 0.5) is 0 Å². The lowest BCUT2D eigenvalue weighted by Crippen LogP contribution is -2.54. The number of amides is 1. The number of likely N-dealkylation sites (tertiary alicyclic amines) is 1. The number of hydrogen-bond acceptors (Lipinski definition) is 5. The summed E-state index contributed by atoms with van der Waals surface area (Å²) in [6.45, 7) is 2.34. The summed E-state index contributed by atoms with van der Waals surface area (Å²) in [4.78, 5) is 17.5. The zero-order valence-electron chi connectivity index (χ0n) is 17.5. The molecule has 1 saturated carbocycles. The zero-order chi connectivity index (χ0) is 20.7. The first kappa shape index (κ1) is 20.0. The van der Waals surface area contributed by atoms with Crippen molar-refractivity contribution in [2.24, 2.45) is 17.6 Å². The van der Waals surface area contributed by atoms with Crippen LogP contribution >= 0.6 is 0 Å². The van der Waals surface area contributed by atoms with Crippen LogP contribution in [0.3, 0.4) is 0 Å². The zero-order valence-corrected chi connectivity index (χ0v) is 17.5. The van der Waals surface area contributed by atoms with Crippen molar-refractivity contribution in [3.05, 3.63) is 35.9 Å². The fourth-order valence-corrected chi connectivity index (χ4v) is 6.17. The van der Waals surface area contributed by atoms with Crippen molar-refractivity contribution >= 4 is 5.91 Å². The molecule has 6 nitrogen and oxygen atoms in total. The molecule has 2 N–H and O–H groups in total. The predicted molar refractivity (Wildman–Crippen MR) is 113 cm³/mol. The molecule has 1 amide bonds. The first-order chi connectivity index (χ1) is 14.7. The molecule has 0 spiro atoms. The van der Waals surface area contributed by atoms with Gasteiger partial charge in [-0.25, -0.2) is 0 Å². The summed E-state index contributed by atoms with van der Waals surface area (Å²) in [5.74, 6) is 0.795.